The van der Waals surface area contributed by atoms with E-state index in [4.69, 9.17) is 0 Å². The third-order valence-electron chi connectivity index (χ3n) is 5.61. The maximum Gasteiger partial charge on any atom is 0.255 e. The van der Waals surface area contributed by atoms with Gasteiger partial charge in [-0.05, 0) is 44.4 Å². The van der Waals surface area contributed by atoms with Crippen molar-refractivity contribution in [1.82, 2.24) is 24.8 Å². The topological polar surface area (TPSA) is 80.1 Å². The Morgan fingerprint density at radius 1 is 1.23 bits per heavy atom. The Balaban J connectivity index is 1.36. The Hall–Kier alpha value is -3.00. The number of aromatic nitrogens is 3. The molecular formula is C22H25N5O2S. The molecule has 0 aromatic carbocycles. The van der Waals surface area contributed by atoms with Crippen LogP contribution in [0.1, 0.15) is 40.2 Å². The van der Waals surface area contributed by atoms with Gasteiger partial charge >= 0.3 is 0 Å². The number of likely N-dealkylation sites (tertiary alicyclic amines) is 1. The number of carbonyl (C=O) groups is 2. The zero-order valence-electron chi connectivity index (χ0n) is 17.2. The van der Waals surface area contributed by atoms with Crippen LogP contribution in [0.25, 0.3) is 5.13 Å². The van der Waals surface area contributed by atoms with Crippen LogP contribution in [0, 0.1) is 19.8 Å². The van der Waals surface area contributed by atoms with E-state index in [-0.39, 0.29) is 17.7 Å². The van der Waals surface area contributed by atoms with Crippen LogP contribution in [0.3, 0.4) is 0 Å². The fourth-order valence-corrected chi connectivity index (χ4v) is 4.70. The fourth-order valence-electron chi connectivity index (χ4n) is 3.95. The van der Waals surface area contributed by atoms with E-state index in [1.54, 1.807) is 29.9 Å². The SMILES string of the molecule is Cc1cc(C(=O)N2CCC(C(=O)NCc3cccnc3)CC2)c(C)n1-c1nccs1. The van der Waals surface area contributed by atoms with Crippen LogP contribution in [-0.4, -0.2) is 44.3 Å². The highest BCUT2D eigenvalue weighted by Crippen LogP contribution is 2.25. The molecule has 156 valence electrons. The standard InChI is InChI=1S/C22H25N5O2S/c1-15-12-19(16(2)27(15)22-24-8-11-30-22)21(29)26-9-5-18(6-10-26)20(28)25-14-17-4-3-7-23-13-17/h3-4,7-8,11-13,18H,5-6,9-10,14H2,1-2H3,(H,25,28). The number of aryl methyl sites for hydroxylation is 1. The number of hydrogen-bond donors (Lipinski definition) is 1. The molecule has 0 atom stereocenters. The lowest BCUT2D eigenvalue weighted by Crippen LogP contribution is -2.43. The molecule has 1 saturated heterocycles. The first-order valence-electron chi connectivity index (χ1n) is 10.1. The molecule has 3 aromatic heterocycles. The third-order valence-corrected chi connectivity index (χ3v) is 6.37. The quantitative estimate of drug-likeness (QED) is 0.684. The molecule has 1 aliphatic heterocycles. The van der Waals surface area contributed by atoms with Gasteiger partial charge < -0.3 is 10.2 Å². The molecule has 30 heavy (non-hydrogen) atoms. The molecule has 1 aliphatic rings. The van der Waals surface area contributed by atoms with Gasteiger partial charge in [0.25, 0.3) is 5.91 Å². The molecule has 0 aliphatic carbocycles. The van der Waals surface area contributed by atoms with Gasteiger partial charge in [0.05, 0.1) is 5.56 Å². The predicted octanol–water partition coefficient (Wildman–Crippen LogP) is 3.11. The Labute approximate surface area is 179 Å². The van der Waals surface area contributed by atoms with E-state index in [1.165, 1.54) is 0 Å². The minimum absolute atomic E-state index is 0.0279. The van der Waals surface area contributed by atoms with E-state index in [9.17, 15) is 9.59 Å². The molecule has 1 N–H and O–H groups in total. The summed E-state index contributed by atoms with van der Waals surface area (Å²) in [5.74, 6) is 0.0153. The Bertz CT molecular complexity index is 1020. The summed E-state index contributed by atoms with van der Waals surface area (Å²) in [6.45, 7) is 5.61. The minimum atomic E-state index is -0.0616. The lowest BCUT2D eigenvalue weighted by Gasteiger charge is -2.31. The number of carbonyl (C=O) groups excluding carboxylic acids is 2. The van der Waals surface area contributed by atoms with Crippen LogP contribution in [0.5, 0.6) is 0 Å². The van der Waals surface area contributed by atoms with Gasteiger partial charge in [0, 0.05) is 60.9 Å². The van der Waals surface area contributed by atoms with Gasteiger partial charge in [-0.3, -0.25) is 19.1 Å². The molecule has 1 fully saturated rings. The van der Waals surface area contributed by atoms with Crippen molar-refractivity contribution < 1.29 is 9.59 Å². The smallest absolute Gasteiger partial charge is 0.255 e. The fraction of sp³-hybridized carbons (Fsp3) is 0.364. The molecule has 0 unspecified atom stereocenters. The van der Waals surface area contributed by atoms with Gasteiger partial charge in [0.1, 0.15) is 0 Å². The highest BCUT2D eigenvalue weighted by Gasteiger charge is 2.29. The molecule has 2 amide bonds. The second-order valence-corrected chi connectivity index (χ2v) is 8.45. The number of piperidine rings is 1. The zero-order chi connectivity index (χ0) is 21.1. The molecule has 4 heterocycles. The molecule has 3 aromatic rings. The summed E-state index contributed by atoms with van der Waals surface area (Å²) in [5, 5.41) is 5.79. The predicted molar refractivity (Wildman–Crippen MR) is 116 cm³/mol. The molecule has 0 radical (unpaired) electrons. The van der Waals surface area contributed by atoms with E-state index < -0.39 is 0 Å². The minimum Gasteiger partial charge on any atom is -0.352 e. The van der Waals surface area contributed by atoms with Crippen LogP contribution >= 0.6 is 11.3 Å². The summed E-state index contributed by atoms with van der Waals surface area (Å²) < 4.78 is 2.02. The summed E-state index contributed by atoms with van der Waals surface area (Å²) in [6, 6.07) is 5.74. The number of nitrogens with one attached hydrogen (secondary N) is 1. The Morgan fingerprint density at radius 3 is 2.70 bits per heavy atom. The van der Waals surface area contributed by atoms with Gasteiger partial charge in [-0.15, -0.1) is 11.3 Å². The normalized spacial score (nSPS) is 14.7. The largest absolute Gasteiger partial charge is 0.352 e. The number of nitrogens with zero attached hydrogens (tertiary/aromatic N) is 4. The van der Waals surface area contributed by atoms with Crippen LogP contribution < -0.4 is 5.32 Å². The highest BCUT2D eigenvalue weighted by atomic mass is 32.1. The average Bonchev–Trinajstić information content (AvgIpc) is 3.40. The lowest BCUT2D eigenvalue weighted by molar-refractivity contribution is -0.126. The number of pyridine rings is 1. The van der Waals surface area contributed by atoms with Gasteiger partial charge in [-0.2, -0.15) is 0 Å². The van der Waals surface area contributed by atoms with E-state index in [1.807, 2.05) is 46.9 Å². The number of thiazole rings is 1. The van der Waals surface area contributed by atoms with Crippen molar-refractivity contribution >= 4 is 23.2 Å². The maximum absolute atomic E-state index is 13.1. The first kappa shape index (κ1) is 20.3. The molecule has 7 nitrogen and oxygen atoms in total. The second kappa shape index (κ2) is 8.79. The molecule has 0 bridgehead atoms. The lowest BCUT2D eigenvalue weighted by atomic mass is 9.95. The third kappa shape index (κ3) is 4.14. The first-order chi connectivity index (χ1) is 14.5. The number of amides is 2. The summed E-state index contributed by atoms with van der Waals surface area (Å²) in [5.41, 5.74) is 3.59. The van der Waals surface area contributed by atoms with Crippen molar-refractivity contribution in [3.05, 3.63) is 64.7 Å². The van der Waals surface area contributed by atoms with Crippen LogP contribution in [-0.2, 0) is 11.3 Å². The first-order valence-corrected chi connectivity index (χ1v) is 11.0. The molecular weight excluding hydrogens is 398 g/mol. The molecule has 8 heteroatoms. The van der Waals surface area contributed by atoms with Crippen molar-refractivity contribution in [3.8, 4) is 5.13 Å². The van der Waals surface area contributed by atoms with E-state index >= 15 is 0 Å². The average molecular weight is 424 g/mol. The highest BCUT2D eigenvalue weighted by molar-refractivity contribution is 7.12. The Morgan fingerprint density at radius 2 is 2.03 bits per heavy atom. The molecule has 0 saturated carbocycles. The number of rotatable bonds is 5. The van der Waals surface area contributed by atoms with Crippen molar-refractivity contribution in [3.63, 3.8) is 0 Å². The van der Waals surface area contributed by atoms with Crippen molar-refractivity contribution in [2.75, 3.05) is 13.1 Å². The van der Waals surface area contributed by atoms with Gasteiger partial charge in [0.2, 0.25) is 5.91 Å². The van der Waals surface area contributed by atoms with E-state index in [0.717, 1.165) is 22.1 Å². The zero-order valence-corrected chi connectivity index (χ0v) is 18.0. The van der Waals surface area contributed by atoms with Gasteiger partial charge in [0.15, 0.2) is 5.13 Å². The summed E-state index contributed by atoms with van der Waals surface area (Å²) >= 11 is 1.55. The van der Waals surface area contributed by atoms with E-state index in [0.29, 0.717) is 38.0 Å². The molecule has 4 rings (SSSR count). The van der Waals surface area contributed by atoms with Crippen molar-refractivity contribution in [1.29, 1.82) is 0 Å². The van der Waals surface area contributed by atoms with E-state index in [2.05, 4.69) is 15.3 Å². The van der Waals surface area contributed by atoms with Crippen molar-refractivity contribution in [2.45, 2.75) is 33.2 Å². The van der Waals surface area contributed by atoms with Crippen LogP contribution in [0.4, 0.5) is 0 Å². The summed E-state index contributed by atoms with van der Waals surface area (Å²) in [7, 11) is 0. The molecule has 0 spiro atoms. The summed E-state index contributed by atoms with van der Waals surface area (Å²) in [4.78, 5) is 35.9. The van der Waals surface area contributed by atoms with Crippen LogP contribution in [0.2, 0.25) is 0 Å². The van der Waals surface area contributed by atoms with Gasteiger partial charge in [-0.1, -0.05) is 6.07 Å². The second-order valence-electron chi connectivity index (χ2n) is 7.58. The Kier molecular flexibility index (Phi) is 5.94. The van der Waals surface area contributed by atoms with Crippen LogP contribution in [0.15, 0.2) is 42.2 Å². The summed E-state index contributed by atoms with van der Waals surface area (Å²) in [6.07, 6.45) is 6.59. The number of hydrogen-bond acceptors (Lipinski definition) is 5. The monoisotopic (exact) mass is 423 g/mol. The van der Waals surface area contributed by atoms with Crippen molar-refractivity contribution in [2.24, 2.45) is 5.92 Å². The van der Waals surface area contributed by atoms with Gasteiger partial charge in [-0.25, -0.2) is 4.98 Å². The maximum atomic E-state index is 13.1.